The van der Waals surface area contributed by atoms with Crippen LogP contribution in [0.15, 0.2) is 28.8 Å². The van der Waals surface area contributed by atoms with Crippen LogP contribution in [0.4, 0.5) is 0 Å². The number of aryl methyl sites for hydroxylation is 2. The Morgan fingerprint density at radius 2 is 1.83 bits per heavy atom. The minimum absolute atomic E-state index is 0.218. The summed E-state index contributed by atoms with van der Waals surface area (Å²) in [5, 5.41) is 25.2. The van der Waals surface area contributed by atoms with Crippen molar-refractivity contribution >= 4 is 0 Å². The van der Waals surface area contributed by atoms with Gasteiger partial charge in [0.2, 0.25) is 0 Å². The number of nitrogens with zero attached hydrogens (tertiary/aromatic N) is 1. The fourth-order valence-electron chi connectivity index (χ4n) is 2.90. The summed E-state index contributed by atoms with van der Waals surface area (Å²) >= 11 is 0. The van der Waals surface area contributed by atoms with Crippen LogP contribution in [0.25, 0.3) is 11.3 Å². The highest BCUT2D eigenvalue weighted by molar-refractivity contribution is 5.63. The third kappa shape index (κ3) is 3.23. The molecular weight excluding hydrogens is 310 g/mol. The Labute approximate surface area is 141 Å². The molecule has 0 amide bonds. The molecule has 3 rings (SSSR count). The number of aromatic nitrogens is 1. The van der Waals surface area contributed by atoms with Gasteiger partial charge in [0.15, 0.2) is 11.5 Å². The lowest BCUT2D eigenvalue weighted by Gasteiger charge is -2.24. The summed E-state index contributed by atoms with van der Waals surface area (Å²) in [7, 11) is 0. The highest BCUT2D eigenvalue weighted by atomic mass is 16.7. The SMILES string of the molecule is Cc1ccc(-c2onc(C)c2[C@@H](O)[C@@H](O)[C@H]2COC(C)(C)O2)cc1. The van der Waals surface area contributed by atoms with Crippen LogP contribution in [0.2, 0.25) is 0 Å². The van der Waals surface area contributed by atoms with Crippen molar-refractivity contribution in [1.82, 2.24) is 5.16 Å². The second kappa shape index (κ2) is 6.29. The first-order valence-corrected chi connectivity index (χ1v) is 7.99. The van der Waals surface area contributed by atoms with Crippen LogP contribution in [-0.2, 0) is 9.47 Å². The van der Waals surface area contributed by atoms with Crippen LogP contribution in [0, 0.1) is 13.8 Å². The molecular formula is C18H23NO5. The number of hydrogen-bond donors (Lipinski definition) is 2. The fourth-order valence-corrected chi connectivity index (χ4v) is 2.90. The predicted molar refractivity (Wildman–Crippen MR) is 87.3 cm³/mol. The molecule has 3 atom stereocenters. The normalized spacial score (nSPS) is 22.5. The quantitative estimate of drug-likeness (QED) is 0.894. The maximum Gasteiger partial charge on any atom is 0.173 e. The summed E-state index contributed by atoms with van der Waals surface area (Å²) < 4.78 is 16.5. The highest BCUT2D eigenvalue weighted by Gasteiger charge is 2.41. The lowest BCUT2D eigenvalue weighted by atomic mass is 9.96. The minimum atomic E-state index is -1.19. The van der Waals surface area contributed by atoms with E-state index in [0.29, 0.717) is 17.0 Å². The maximum absolute atomic E-state index is 10.7. The Morgan fingerprint density at radius 1 is 1.17 bits per heavy atom. The molecule has 130 valence electrons. The molecule has 6 heteroatoms. The second-order valence-corrected chi connectivity index (χ2v) is 6.68. The molecule has 2 heterocycles. The molecule has 2 aromatic rings. The zero-order valence-corrected chi connectivity index (χ0v) is 14.3. The molecule has 1 aromatic carbocycles. The van der Waals surface area contributed by atoms with Crippen molar-refractivity contribution in [3.05, 3.63) is 41.1 Å². The van der Waals surface area contributed by atoms with E-state index in [1.807, 2.05) is 31.2 Å². The van der Waals surface area contributed by atoms with Crippen LogP contribution in [-0.4, -0.2) is 40.0 Å². The Kier molecular flexibility index (Phi) is 4.48. The number of aliphatic hydroxyl groups is 2. The van der Waals surface area contributed by atoms with E-state index in [1.54, 1.807) is 20.8 Å². The molecule has 2 N–H and O–H groups in total. The van der Waals surface area contributed by atoms with Crippen LogP contribution >= 0.6 is 0 Å². The summed E-state index contributed by atoms with van der Waals surface area (Å²) in [5.41, 5.74) is 2.93. The smallest absolute Gasteiger partial charge is 0.173 e. The fraction of sp³-hybridized carbons (Fsp3) is 0.500. The van der Waals surface area contributed by atoms with Crippen LogP contribution in [0.5, 0.6) is 0 Å². The standard InChI is InChI=1S/C18H23NO5/c1-10-5-7-12(8-6-10)17-14(11(2)19-24-17)16(21)15(20)13-9-22-18(3,4)23-13/h5-8,13,15-16,20-21H,9H2,1-4H3/t13-,15+,16-/m1/s1. The zero-order chi connectivity index (χ0) is 17.5. The molecule has 0 radical (unpaired) electrons. The van der Waals surface area contributed by atoms with Gasteiger partial charge in [-0.1, -0.05) is 35.0 Å². The van der Waals surface area contributed by atoms with E-state index >= 15 is 0 Å². The van der Waals surface area contributed by atoms with Gasteiger partial charge in [0.1, 0.15) is 18.3 Å². The maximum atomic E-state index is 10.7. The summed E-state index contributed by atoms with van der Waals surface area (Å²) in [4.78, 5) is 0. The Balaban J connectivity index is 1.89. The van der Waals surface area contributed by atoms with Crippen LogP contribution in [0.1, 0.15) is 36.8 Å². The van der Waals surface area contributed by atoms with Crippen molar-refractivity contribution in [2.24, 2.45) is 0 Å². The lowest BCUT2D eigenvalue weighted by Crippen LogP contribution is -2.35. The first kappa shape index (κ1) is 17.1. The van der Waals surface area contributed by atoms with Gasteiger partial charge < -0.3 is 24.2 Å². The molecule has 6 nitrogen and oxygen atoms in total. The molecule has 0 unspecified atom stereocenters. The topological polar surface area (TPSA) is 85.0 Å². The minimum Gasteiger partial charge on any atom is -0.387 e. The van der Waals surface area contributed by atoms with Crippen LogP contribution < -0.4 is 0 Å². The summed E-state index contributed by atoms with van der Waals surface area (Å²) in [6.45, 7) is 7.49. The largest absolute Gasteiger partial charge is 0.387 e. The zero-order valence-electron chi connectivity index (χ0n) is 14.3. The lowest BCUT2D eigenvalue weighted by molar-refractivity contribution is -0.160. The van der Waals surface area contributed by atoms with Crippen molar-refractivity contribution < 1.29 is 24.2 Å². The number of aliphatic hydroxyl groups excluding tert-OH is 2. The van der Waals surface area contributed by atoms with E-state index in [1.165, 1.54) is 0 Å². The average molecular weight is 333 g/mol. The first-order valence-electron chi connectivity index (χ1n) is 7.99. The van der Waals surface area contributed by atoms with Crippen molar-refractivity contribution in [3.63, 3.8) is 0 Å². The molecule has 1 aromatic heterocycles. The summed E-state index contributed by atoms with van der Waals surface area (Å²) in [5.74, 6) is -0.313. The molecule has 1 fully saturated rings. The van der Waals surface area contributed by atoms with Crippen molar-refractivity contribution in [2.75, 3.05) is 6.61 Å². The van der Waals surface area contributed by atoms with Gasteiger partial charge >= 0.3 is 0 Å². The van der Waals surface area contributed by atoms with Crippen molar-refractivity contribution in [2.45, 2.75) is 51.8 Å². The Morgan fingerprint density at radius 3 is 2.42 bits per heavy atom. The first-order chi connectivity index (χ1) is 11.3. The number of hydrogen-bond acceptors (Lipinski definition) is 6. The van der Waals surface area contributed by atoms with Gasteiger partial charge in [-0.05, 0) is 27.7 Å². The van der Waals surface area contributed by atoms with E-state index in [9.17, 15) is 10.2 Å². The molecule has 0 aliphatic carbocycles. The van der Waals surface area contributed by atoms with Gasteiger partial charge in [0.25, 0.3) is 0 Å². The Bertz CT molecular complexity index is 707. The molecule has 0 bridgehead atoms. The predicted octanol–water partition coefficient (Wildman–Crippen LogP) is 2.50. The van der Waals surface area contributed by atoms with Gasteiger partial charge in [-0.2, -0.15) is 0 Å². The summed E-state index contributed by atoms with van der Waals surface area (Å²) in [6, 6.07) is 7.71. The Hall–Kier alpha value is -1.73. The highest BCUT2D eigenvalue weighted by Crippen LogP contribution is 2.35. The van der Waals surface area contributed by atoms with Crippen molar-refractivity contribution in [3.8, 4) is 11.3 Å². The van der Waals surface area contributed by atoms with E-state index in [2.05, 4.69) is 5.16 Å². The van der Waals surface area contributed by atoms with E-state index in [0.717, 1.165) is 11.1 Å². The molecule has 0 spiro atoms. The van der Waals surface area contributed by atoms with Gasteiger partial charge in [0, 0.05) is 5.56 Å². The van der Waals surface area contributed by atoms with Gasteiger partial charge in [-0.3, -0.25) is 0 Å². The van der Waals surface area contributed by atoms with E-state index in [-0.39, 0.29) is 6.61 Å². The van der Waals surface area contributed by atoms with Gasteiger partial charge in [-0.15, -0.1) is 0 Å². The van der Waals surface area contributed by atoms with Crippen molar-refractivity contribution in [1.29, 1.82) is 0 Å². The molecule has 1 aliphatic rings. The number of benzene rings is 1. The van der Waals surface area contributed by atoms with Gasteiger partial charge in [0.05, 0.1) is 17.9 Å². The number of ether oxygens (including phenoxy) is 2. The molecule has 1 aliphatic heterocycles. The molecule has 0 saturated carbocycles. The van der Waals surface area contributed by atoms with E-state index < -0.39 is 24.1 Å². The number of rotatable bonds is 4. The van der Waals surface area contributed by atoms with Gasteiger partial charge in [-0.25, -0.2) is 0 Å². The van der Waals surface area contributed by atoms with E-state index in [4.69, 9.17) is 14.0 Å². The summed E-state index contributed by atoms with van der Waals surface area (Å²) in [6.07, 6.45) is -2.95. The third-order valence-corrected chi connectivity index (χ3v) is 4.25. The third-order valence-electron chi connectivity index (χ3n) is 4.25. The monoisotopic (exact) mass is 333 g/mol. The van der Waals surface area contributed by atoms with Crippen LogP contribution in [0.3, 0.4) is 0 Å². The second-order valence-electron chi connectivity index (χ2n) is 6.68. The average Bonchev–Trinajstić information content (AvgIpc) is 3.09. The molecule has 24 heavy (non-hydrogen) atoms. The molecule has 1 saturated heterocycles.